The summed E-state index contributed by atoms with van der Waals surface area (Å²) in [5, 5.41) is 11.9. The zero-order chi connectivity index (χ0) is 15.6. The fraction of sp³-hybridized carbons (Fsp3) is 0.188. The first-order valence-corrected chi connectivity index (χ1v) is 6.57. The molecule has 0 amide bonds. The first kappa shape index (κ1) is 14.8. The number of halogens is 1. The van der Waals surface area contributed by atoms with E-state index in [2.05, 4.69) is 19.2 Å². The molecule has 5 heteroatoms. The molecule has 2 aromatic rings. The number of rotatable bonds is 4. The highest BCUT2D eigenvalue weighted by atomic mass is 19.1. The van der Waals surface area contributed by atoms with E-state index in [1.165, 1.54) is 11.6 Å². The Morgan fingerprint density at radius 2 is 1.86 bits per heavy atom. The summed E-state index contributed by atoms with van der Waals surface area (Å²) in [6.07, 6.45) is 0. The number of aromatic carboxylic acids is 1. The average Bonchev–Trinajstić information content (AvgIpc) is 2.42. The number of nitrogens with one attached hydrogen (secondary N) is 1. The van der Waals surface area contributed by atoms with Gasteiger partial charge in [0, 0.05) is 11.4 Å². The Morgan fingerprint density at radius 3 is 2.38 bits per heavy atom. The van der Waals surface area contributed by atoms with Gasteiger partial charge in [0.1, 0.15) is 5.82 Å². The number of carboxylic acids is 1. The van der Waals surface area contributed by atoms with Crippen LogP contribution in [0.1, 0.15) is 35.7 Å². The van der Waals surface area contributed by atoms with Gasteiger partial charge in [-0.1, -0.05) is 26.0 Å². The number of hydrogen-bond acceptors (Lipinski definition) is 3. The van der Waals surface area contributed by atoms with E-state index >= 15 is 0 Å². The number of nitrogens with two attached hydrogens (primary N) is 1. The van der Waals surface area contributed by atoms with Crippen LogP contribution in [0.2, 0.25) is 0 Å². The van der Waals surface area contributed by atoms with Crippen LogP contribution in [0.5, 0.6) is 0 Å². The highest BCUT2D eigenvalue weighted by Gasteiger charge is 2.13. The van der Waals surface area contributed by atoms with Gasteiger partial charge >= 0.3 is 5.97 Å². The molecule has 4 N–H and O–H groups in total. The molecule has 0 aliphatic heterocycles. The second-order valence-corrected chi connectivity index (χ2v) is 5.13. The SMILES string of the molecule is CC(C)c1ccc(Nc2cc(C(=O)O)c(N)cc2F)cc1. The van der Waals surface area contributed by atoms with Crippen molar-refractivity contribution in [3.05, 3.63) is 53.3 Å². The minimum atomic E-state index is -1.19. The van der Waals surface area contributed by atoms with E-state index in [0.29, 0.717) is 11.6 Å². The maximum atomic E-state index is 13.9. The first-order chi connectivity index (χ1) is 9.88. The molecule has 0 spiro atoms. The van der Waals surface area contributed by atoms with Crippen molar-refractivity contribution in [2.75, 3.05) is 11.1 Å². The summed E-state index contributed by atoms with van der Waals surface area (Å²) in [7, 11) is 0. The number of benzene rings is 2. The Bertz CT molecular complexity index is 667. The molecule has 0 bridgehead atoms. The summed E-state index contributed by atoms with van der Waals surface area (Å²) in [6.45, 7) is 4.17. The second-order valence-electron chi connectivity index (χ2n) is 5.13. The van der Waals surface area contributed by atoms with Gasteiger partial charge in [0.2, 0.25) is 0 Å². The minimum absolute atomic E-state index is 0.0823. The zero-order valence-electron chi connectivity index (χ0n) is 11.9. The molecule has 110 valence electrons. The highest BCUT2D eigenvalue weighted by Crippen LogP contribution is 2.26. The monoisotopic (exact) mass is 288 g/mol. The van der Waals surface area contributed by atoms with Crippen LogP contribution in [-0.2, 0) is 0 Å². The minimum Gasteiger partial charge on any atom is -0.478 e. The fourth-order valence-corrected chi connectivity index (χ4v) is 1.98. The number of nitrogen functional groups attached to an aromatic ring is 1. The summed E-state index contributed by atoms with van der Waals surface area (Å²) in [5.74, 6) is -1.37. The molecule has 0 aliphatic carbocycles. The Morgan fingerprint density at radius 1 is 1.24 bits per heavy atom. The largest absolute Gasteiger partial charge is 0.478 e. The molecule has 0 saturated carbocycles. The van der Waals surface area contributed by atoms with Crippen LogP contribution in [0.4, 0.5) is 21.5 Å². The van der Waals surface area contributed by atoms with Gasteiger partial charge in [-0.2, -0.15) is 0 Å². The third-order valence-corrected chi connectivity index (χ3v) is 3.23. The van der Waals surface area contributed by atoms with Crippen molar-refractivity contribution in [3.63, 3.8) is 0 Å². The molecular formula is C16H17FN2O2. The Balaban J connectivity index is 2.30. The number of anilines is 3. The van der Waals surface area contributed by atoms with Gasteiger partial charge < -0.3 is 16.2 Å². The molecule has 0 atom stereocenters. The summed E-state index contributed by atoms with van der Waals surface area (Å²) >= 11 is 0. The lowest BCUT2D eigenvalue weighted by Crippen LogP contribution is -2.05. The van der Waals surface area contributed by atoms with E-state index in [0.717, 1.165) is 6.07 Å². The molecular weight excluding hydrogens is 271 g/mol. The predicted molar refractivity (Wildman–Crippen MR) is 81.6 cm³/mol. The van der Waals surface area contributed by atoms with Crippen LogP contribution in [-0.4, -0.2) is 11.1 Å². The number of carboxylic acid groups (broad SMARTS) is 1. The maximum absolute atomic E-state index is 13.9. The van der Waals surface area contributed by atoms with Gasteiger partial charge in [0.25, 0.3) is 0 Å². The first-order valence-electron chi connectivity index (χ1n) is 6.57. The molecule has 0 unspecified atom stereocenters. The van der Waals surface area contributed by atoms with E-state index in [1.807, 2.05) is 24.3 Å². The Hall–Kier alpha value is -2.56. The van der Waals surface area contributed by atoms with E-state index in [-0.39, 0.29) is 16.9 Å². The van der Waals surface area contributed by atoms with Crippen molar-refractivity contribution in [2.45, 2.75) is 19.8 Å². The molecule has 4 nitrogen and oxygen atoms in total. The van der Waals surface area contributed by atoms with Crippen LogP contribution >= 0.6 is 0 Å². The van der Waals surface area contributed by atoms with E-state index in [1.54, 1.807) is 0 Å². The average molecular weight is 288 g/mol. The van der Waals surface area contributed by atoms with E-state index < -0.39 is 11.8 Å². The molecule has 2 aromatic carbocycles. The predicted octanol–water partition coefficient (Wildman–Crippen LogP) is 3.97. The van der Waals surface area contributed by atoms with Gasteiger partial charge in [-0.25, -0.2) is 9.18 Å². The quantitative estimate of drug-likeness (QED) is 0.744. The molecule has 21 heavy (non-hydrogen) atoms. The molecule has 0 aliphatic rings. The van der Waals surface area contributed by atoms with Crippen LogP contribution in [0.15, 0.2) is 36.4 Å². The van der Waals surface area contributed by atoms with Gasteiger partial charge in [-0.15, -0.1) is 0 Å². The topological polar surface area (TPSA) is 75.3 Å². The number of hydrogen-bond donors (Lipinski definition) is 3. The van der Waals surface area contributed by atoms with Crippen molar-refractivity contribution in [1.82, 2.24) is 0 Å². The molecule has 0 saturated heterocycles. The normalized spacial score (nSPS) is 10.7. The van der Waals surface area contributed by atoms with E-state index in [9.17, 15) is 9.18 Å². The highest BCUT2D eigenvalue weighted by molar-refractivity contribution is 5.95. The van der Waals surface area contributed by atoms with Crippen molar-refractivity contribution in [2.24, 2.45) is 0 Å². The summed E-state index contributed by atoms with van der Waals surface area (Å²) in [6, 6.07) is 9.75. The lowest BCUT2D eigenvalue weighted by Gasteiger charge is -2.11. The van der Waals surface area contributed by atoms with Crippen LogP contribution < -0.4 is 11.1 Å². The second kappa shape index (κ2) is 5.83. The van der Waals surface area contributed by atoms with Crippen molar-refractivity contribution in [3.8, 4) is 0 Å². The van der Waals surface area contributed by atoms with Crippen molar-refractivity contribution < 1.29 is 14.3 Å². The lowest BCUT2D eigenvalue weighted by molar-refractivity contribution is 0.0698. The lowest BCUT2D eigenvalue weighted by atomic mass is 10.0. The van der Waals surface area contributed by atoms with Crippen LogP contribution in [0.3, 0.4) is 0 Å². The maximum Gasteiger partial charge on any atom is 0.337 e. The van der Waals surface area contributed by atoms with Crippen LogP contribution in [0, 0.1) is 5.82 Å². The molecule has 0 heterocycles. The molecule has 0 aromatic heterocycles. The van der Waals surface area contributed by atoms with Gasteiger partial charge in [-0.3, -0.25) is 0 Å². The summed E-state index contributed by atoms with van der Waals surface area (Å²) < 4.78 is 13.9. The summed E-state index contributed by atoms with van der Waals surface area (Å²) in [4.78, 5) is 11.0. The third kappa shape index (κ3) is 3.31. The standard InChI is InChI=1S/C16H17FN2O2/c1-9(2)10-3-5-11(6-4-10)19-15-7-12(16(20)21)14(18)8-13(15)17/h3-9,19H,18H2,1-2H3,(H,20,21). The Labute approximate surface area is 122 Å². The third-order valence-electron chi connectivity index (χ3n) is 3.23. The van der Waals surface area contributed by atoms with Crippen molar-refractivity contribution >= 4 is 23.0 Å². The summed E-state index contributed by atoms with van der Waals surface area (Å²) in [5.41, 5.74) is 7.20. The van der Waals surface area contributed by atoms with Crippen molar-refractivity contribution in [1.29, 1.82) is 0 Å². The zero-order valence-corrected chi connectivity index (χ0v) is 11.9. The van der Waals surface area contributed by atoms with Gasteiger partial charge in [0.15, 0.2) is 0 Å². The van der Waals surface area contributed by atoms with Gasteiger partial charge in [0.05, 0.1) is 11.3 Å². The number of carbonyl (C=O) groups is 1. The fourth-order valence-electron chi connectivity index (χ4n) is 1.98. The smallest absolute Gasteiger partial charge is 0.337 e. The van der Waals surface area contributed by atoms with E-state index in [4.69, 9.17) is 10.8 Å². The van der Waals surface area contributed by atoms with Gasteiger partial charge in [-0.05, 0) is 35.7 Å². The molecule has 2 rings (SSSR count). The molecule has 0 radical (unpaired) electrons. The molecule has 0 fully saturated rings. The van der Waals surface area contributed by atoms with Crippen LogP contribution in [0.25, 0.3) is 0 Å². The Kier molecular flexibility index (Phi) is 4.12.